The summed E-state index contributed by atoms with van der Waals surface area (Å²) in [5.74, 6) is -0.835. The van der Waals surface area contributed by atoms with Crippen molar-refractivity contribution in [3.63, 3.8) is 0 Å². The van der Waals surface area contributed by atoms with Crippen molar-refractivity contribution < 1.29 is 23.0 Å². The van der Waals surface area contributed by atoms with Crippen LogP contribution in [0.15, 0.2) is 36.4 Å². The average Bonchev–Trinajstić information content (AvgIpc) is 2.47. The van der Waals surface area contributed by atoms with Gasteiger partial charge in [0.1, 0.15) is 29.2 Å². The van der Waals surface area contributed by atoms with E-state index in [1.165, 1.54) is 13.2 Å². The molecule has 0 spiro atoms. The molecule has 1 atom stereocenters. The summed E-state index contributed by atoms with van der Waals surface area (Å²) >= 11 is 0. The molecule has 1 heterocycles. The second-order valence-corrected chi connectivity index (χ2v) is 4.73. The minimum atomic E-state index is -0.959. The number of hydrogen-bond donors (Lipinski definition) is 0. The number of Topliss-reactive ketones (excluding diaryl/α,β-unsaturated/α-hetero) is 1. The quantitative estimate of drug-likeness (QED) is 0.846. The number of halogens is 2. The Morgan fingerprint density at radius 3 is 2.57 bits per heavy atom. The van der Waals surface area contributed by atoms with Crippen LogP contribution in [-0.4, -0.2) is 12.9 Å². The number of hydrogen-bond acceptors (Lipinski definition) is 3. The van der Waals surface area contributed by atoms with E-state index in [0.717, 1.165) is 12.1 Å². The van der Waals surface area contributed by atoms with Crippen molar-refractivity contribution in [2.75, 3.05) is 7.11 Å². The zero-order valence-corrected chi connectivity index (χ0v) is 11.2. The van der Waals surface area contributed by atoms with E-state index in [0.29, 0.717) is 17.1 Å². The molecule has 1 aliphatic rings. The van der Waals surface area contributed by atoms with Crippen LogP contribution in [0, 0.1) is 11.6 Å². The highest BCUT2D eigenvalue weighted by atomic mass is 19.1. The Kier molecular flexibility index (Phi) is 3.33. The van der Waals surface area contributed by atoms with Crippen molar-refractivity contribution in [3.8, 4) is 11.5 Å². The fourth-order valence-corrected chi connectivity index (χ4v) is 2.41. The van der Waals surface area contributed by atoms with Gasteiger partial charge in [-0.2, -0.15) is 0 Å². The van der Waals surface area contributed by atoms with Gasteiger partial charge in [-0.3, -0.25) is 4.79 Å². The largest absolute Gasteiger partial charge is 0.497 e. The van der Waals surface area contributed by atoms with Crippen molar-refractivity contribution in [3.05, 3.63) is 59.2 Å². The van der Waals surface area contributed by atoms with Gasteiger partial charge in [-0.1, -0.05) is 6.07 Å². The minimum Gasteiger partial charge on any atom is -0.497 e. The predicted octanol–water partition coefficient (Wildman–Crippen LogP) is 3.68. The summed E-state index contributed by atoms with van der Waals surface area (Å²) in [5.41, 5.74) is 0.148. The Morgan fingerprint density at radius 1 is 1.19 bits per heavy atom. The van der Waals surface area contributed by atoms with Crippen LogP contribution in [0.1, 0.15) is 28.4 Å². The van der Waals surface area contributed by atoms with E-state index in [1.54, 1.807) is 18.2 Å². The molecule has 1 aliphatic heterocycles. The molecule has 3 rings (SSSR count). The summed E-state index contributed by atoms with van der Waals surface area (Å²) in [6, 6.07) is 8.33. The summed E-state index contributed by atoms with van der Waals surface area (Å²) < 4.78 is 38.3. The van der Waals surface area contributed by atoms with Crippen LogP contribution < -0.4 is 9.47 Å². The van der Waals surface area contributed by atoms with Crippen LogP contribution in [0.25, 0.3) is 0 Å². The third kappa shape index (κ3) is 2.35. The van der Waals surface area contributed by atoms with Gasteiger partial charge in [0.2, 0.25) is 0 Å². The van der Waals surface area contributed by atoms with Crippen LogP contribution in [0.3, 0.4) is 0 Å². The van der Waals surface area contributed by atoms with Crippen molar-refractivity contribution in [2.45, 2.75) is 12.5 Å². The summed E-state index contributed by atoms with van der Waals surface area (Å²) in [6.45, 7) is 0. The third-order valence-electron chi connectivity index (χ3n) is 3.45. The fourth-order valence-electron chi connectivity index (χ4n) is 2.41. The lowest BCUT2D eigenvalue weighted by molar-refractivity contribution is 0.0840. The zero-order chi connectivity index (χ0) is 15.0. The van der Waals surface area contributed by atoms with E-state index < -0.39 is 17.7 Å². The average molecular weight is 290 g/mol. The predicted molar refractivity (Wildman–Crippen MR) is 71.7 cm³/mol. The highest BCUT2D eigenvalue weighted by molar-refractivity contribution is 6.00. The lowest BCUT2D eigenvalue weighted by Crippen LogP contribution is -2.22. The Bertz CT molecular complexity index is 692. The number of carbonyl (C=O) groups excluding carboxylic acids is 1. The first-order valence-corrected chi connectivity index (χ1v) is 6.42. The maximum absolute atomic E-state index is 13.8. The Hall–Kier alpha value is -2.43. The summed E-state index contributed by atoms with van der Waals surface area (Å²) in [5, 5.41) is 0. The van der Waals surface area contributed by atoms with Gasteiger partial charge in [0.25, 0.3) is 0 Å². The standard InChI is InChI=1S/C16H12F2O3/c1-20-9-5-6-14-10(7-9)13(19)8-15(21-14)16-11(17)3-2-4-12(16)18/h2-7,15H,8H2,1H3. The molecular weight excluding hydrogens is 278 g/mol. The number of benzene rings is 2. The van der Waals surface area contributed by atoms with Gasteiger partial charge in [0, 0.05) is 0 Å². The topological polar surface area (TPSA) is 35.5 Å². The molecule has 0 amide bonds. The summed E-state index contributed by atoms with van der Waals surface area (Å²) in [6.07, 6.45) is -1.07. The molecule has 0 N–H and O–H groups in total. The van der Waals surface area contributed by atoms with Gasteiger partial charge in [0.15, 0.2) is 5.78 Å². The van der Waals surface area contributed by atoms with Gasteiger partial charge in [-0.25, -0.2) is 8.78 Å². The Labute approximate surface area is 120 Å². The maximum Gasteiger partial charge on any atom is 0.170 e. The van der Waals surface area contributed by atoms with Gasteiger partial charge >= 0.3 is 0 Å². The molecule has 0 aliphatic carbocycles. The zero-order valence-electron chi connectivity index (χ0n) is 11.2. The molecule has 1 unspecified atom stereocenters. The van der Waals surface area contributed by atoms with Gasteiger partial charge in [-0.05, 0) is 30.3 Å². The van der Waals surface area contributed by atoms with E-state index in [-0.39, 0.29) is 17.8 Å². The number of ketones is 1. The van der Waals surface area contributed by atoms with Crippen molar-refractivity contribution in [1.82, 2.24) is 0 Å². The van der Waals surface area contributed by atoms with Crippen molar-refractivity contribution in [2.24, 2.45) is 0 Å². The number of ether oxygens (including phenoxy) is 2. The van der Waals surface area contributed by atoms with Crippen LogP contribution in [0.2, 0.25) is 0 Å². The van der Waals surface area contributed by atoms with E-state index >= 15 is 0 Å². The summed E-state index contributed by atoms with van der Waals surface area (Å²) in [4.78, 5) is 12.2. The molecule has 2 aromatic rings. The van der Waals surface area contributed by atoms with Gasteiger partial charge in [-0.15, -0.1) is 0 Å². The molecule has 0 aromatic heterocycles. The fraction of sp³-hybridized carbons (Fsp3) is 0.188. The van der Waals surface area contributed by atoms with E-state index in [1.807, 2.05) is 0 Å². The minimum absolute atomic E-state index is 0.113. The second kappa shape index (κ2) is 5.16. The first-order valence-electron chi connectivity index (χ1n) is 6.42. The Balaban J connectivity index is 2.01. The molecule has 2 aromatic carbocycles. The van der Waals surface area contributed by atoms with Crippen molar-refractivity contribution in [1.29, 1.82) is 0 Å². The molecule has 21 heavy (non-hydrogen) atoms. The van der Waals surface area contributed by atoms with Crippen LogP contribution >= 0.6 is 0 Å². The molecule has 0 saturated heterocycles. The molecule has 3 nitrogen and oxygen atoms in total. The lowest BCUT2D eigenvalue weighted by Gasteiger charge is -2.26. The summed E-state index contributed by atoms with van der Waals surface area (Å²) in [7, 11) is 1.49. The monoisotopic (exact) mass is 290 g/mol. The molecule has 0 bridgehead atoms. The lowest BCUT2D eigenvalue weighted by atomic mass is 9.95. The molecule has 5 heteroatoms. The highest BCUT2D eigenvalue weighted by Gasteiger charge is 2.31. The number of fused-ring (bicyclic) bond motifs is 1. The molecule has 0 radical (unpaired) electrons. The van der Waals surface area contributed by atoms with E-state index in [4.69, 9.17) is 9.47 Å². The normalized spacial score (nSPS) is 17.1. The van der Waals surface area contributed by atoms with Gasteiger partial charge in [0.05, 0.1) is 24.7 Å². The molecule has 0 fully saturated rings. The number of methoxy groups -OCH3 is 1. The van der Waals surface area contributed by atoms with Crippen LogP contribution in [0.5, 0.6) is 11.5 Å². The SMILES string of the molecule is COc1ccc2c(c1)C(=O)CC(c1c(F)cccc1F)O2. The van der Waals surface area contributed by atoms with Crippen LogP contribution in [0.4, 0.5) is 8.78 Å². The van der Waals surface area contributed by atoms with E-state index in [9.17, 15) is 13.6 Å². The molecule has 0 saturated carbocycles. The van der Waals surface area contributed by atoms with Crippen LogP contribution in [-0.2, 0) is 0 Å². The number of rotatable bonds is 2. The molecule has 108 valence electrons. The van der Waals surface area contributed by atoms with Gasteiger partial charge < -0.3 is 9.47 Å². The Morgan fingerprint density at radius 2 is 1.90 bits per heavy atom. The molecular formula is C16H12F2O3. The maximum atomic E-state index is 13.8. The second-order valence-electron chi connectivity index (χ2n) is 4.73. The highest BCUT2D eigenvalue weighted by Crippen LogP contribution is 2.38. The van der Waals surface area contributed by atoms with Crippen molar-refractivity contribution >= 4 is 5.78 Å². The number of carbonyl (C=O) groups is 1. The third-order valence-corrected chi connectivity index (χ3v) is 3.45. The first kappa shape index (κ1) is 13.5. The first-order chi connectivity index (χ1) is 10.1. The van der Waals surface area contributed by atoms with E-state index in [2.05, 4.69) is 0 Å². The smallest absolute Gasteiger partial charge is 0.170 e.